The molecule has 0 bridgehead atoms. The SMILES string of the molecule is C=C1C=C(c2cc(C(C)(C)C)ccc2OCCCOc2ccc(C(C)(C)C)cc2-c2cc(C)cc(-c3cc(C(C)(C)C)cc(C(C)(C)C)c3)c2O)C(O)=C(c2cc(C(C)(C)C)cc(C(C)(C)C)c2)[CH+]1.[CH3-].[Zr]. The van der Waals surface area contributed by atoms with Crippen LogP contribution in [0.15, 0.2) is 109 Å². The average molecular weight is 1030 g/mol. The minimum Gasteiger partial charge on any atom is -0.507 e. The van der Waals surface area contributed by atoms with Crippen LogP contribution in [-0.4, -0.2) is 23.4 Å². The number of aliphatic hydroxyl groups excluding tert-OH is 1. The smallest absolute Gasteiger partial charge is 0.203 e. The standard InChI is InChI=1S/C65H82O4.CH3.Zr/c1-40-28-50(42-32-46(62(9,10)11)36-47(33-42)63(12,13)14)58(66)54(30-40)52-38-44(60(3,4)5)22-24-56(52)68-26-21-27-69-57-25-23-45(61(6,7)8)39-53(57)55-31-41(2)29-51(59(55)67)43-34-48(64(15,16)17)37-49(35-43)65(18,19)20;;/h22-25,28-39H,1,21,26-27H2,2-20H3,(H-,66,67);1H3;/q;-1;/p+1. The number of aromatic hydroxyl groups is 1. The predicted molar refractivity (Wildman–Crippen MR) is 302 cm³/mol. The van der Waals surface area contributed by atoms with Gasteiger partial charge in [0.25, 0.3) is 0 Å². The van der Waals surface area contributed by atoms with Crippen molar-refractivity contribution >= 4 is 11.1 Å². The molecule has 0 unspecified atom stereocenters. The summed E-state index contributed by atoms with van der Waals surface area (Å²) < 4.78 is 13.3. The van der Waals surface area contributed by atoms with Gasteiger partial charge in [-0.3, -0.25) is 0 Å². The minimum atomic E-state index is -0.136. The maximum atomic E-state index is 12.4. The van der Waals surface area contributed by atoms with Crippen LogP contribution in [0.2, 0.25) is 0 Å². The third-order valence-corrected chi connectivity index (χ3v) is 13.5. The van der Waals surface area contributed by atoms with Gasteiger partial charge in [-0.05, 0) is 139 Å². The third kappa shape index (κ3) is 13.9. The van der Waals surface area contributed by atoms with Crippen molar-refractivity contribution in [1.82, 2.24) is 0 Å². The molecule has 0 spiro atoms. The second-order valence-electron chi connectivity index (χ2n) is 25.8. The summed E-state index contributed by atoms with van der Waals surface area (Å²) in [5.74, 6) is 1.84. The molecule has 6 rings (SSSR count). The van der Waals surface area contributed by atoms with Crippen molar-refractivity contribution in [1.29, 1.82) is 0 Å². The van der Waals surface area contributed by atoms with Gasteiger partial charge in [0.05, 0.1) is 24.4 Å². The monoisotopic (exact) mass is 1030 g/mol. The van der Waals surface area contributed by atoms with E-state index in [0.29, 0.717) is 36.7 Å². The Kier molecular flexibility index (Phi) is 17.7. The molecule has 0 saturated heterocycles. The summed E-state index contributed by atoms with van der Waals surface area (Å²) in [6, 6.07) is 30.4. The molecule has 71 heavy (non-hydrogen) atoms. The average Bonchev–Trinajstić information content (AvgIpc) is 3.22. The molecule has 0 aromatic heterocycles. The maximum absolute atomic E-state index is 12.4. The van der Waals surface area contributed by atoms with Gasteiger partial charge in [0.15, 0.2) is 0 Å². The first kappa shape index (κ1) is 58.8. The number of hydrogen-bond acceptors (Lipinski definition) is 4. The van der Waals surface area contributed by atoms with Gasteiger partial charge in [-0.2, -0.15) is 0 Å². The Hall–Kier alpha value is -4.73. The van der Waals surface area contributed by atoms with Crippen molar-refractivity contribution in [3.05, 3.63) is 173 Å². The number of hydrogen-bond donors (Lipinski definition) is 2. The molecule has 2 N–H and O–H groups in total. The van der Waals surface area contributed by atoms with E-state index in [0.717, 1.165) is 61.2 Å². The van der Waals surface area contributed by atoms with E-state index in [1.807, 2.05) is 24.6 Å². The molecular formula is C66H86O4Zr. The molecule has 0 fully saturated rings. The van der Waals surface area contributed by atoms with Crippen LogP contribution in [0, 0.1) is 20.8 Å². The summed E-state index contributed by atoms with van der Waals surface area (Å²) in [4.78, 5) is 0. The zero-order valence-electron chi connectivity index (χ0n) is 47.3. The molecule has 5 heteroatoms. The number of phenols is 1. The van der Waals surface area contributed by atoms with Crippen LogP contribution >= 0.6 is 0 Å². The molecule has 1 aliphatic rings. The zero-order chi connectivity index (χ0) is 51.4. The fraction of sp³-hybridized carbons (Fsp3) is 0.424. The van der Waals surface area contributed by atoms with Gasteiger partial charge in [-0.1, -0.05) is 161 Å². The third-order valence-electron chi connectivity index (χ3n) is 13.5. The van der Waals surface area contributed by atoms with E-state index in [1.54, 1.807) is 0 Å². The molecule has 0 saturated carbocycles. The Bertz CT molecular complexity index is 2740. The van der Waals surface area contributed by atoms with Crippen LogP contribution in [0.4, 0.5) is 0 Å². The van der Waals surface area contributed by atoms with E-state index < -0.39 is 0 Å². The van der Waals surface area contributed by atoms with Gasteiger partial charge in [0.1, 0.15) is 22.8 Å². The number of allylic oxidation sites excluding steroid dienone is 4. The van der Waals surface area contributed by atoms with Crippen LogP contribution in [0.3, 0.4) is 0 Å². The first-order chi connectivity index (χ1) is 31.6. The second-order valence-corrected chi connectivity index (χ2v) is 25.8. The number of aliphatic hydroxyl groups is 1. The fourth-order valence-corrected chi connectivity index (χ4v) is 8.71. The van der Waals surface area contributed by atoms with Crippen molar-refractivity contribution in [2.45, 2.75) is 170 Å². The van der Waals surface area contributed by atoms with Crippen molar-refractivity contribution < 1.29 is 45.9 Å². The first-order valence-electron chi connectivity index (χ1n) is 25.0. The Balaban J connectivity index is 0.00000548. The minimum absolute atomic E-state index is 0. The van der Waals surface area contributed by atoms with Gasteiger partial charge in [-0.15, -0.1) is 0 Å². The Morgan fingerprint density at radius 2 is 0.845 bits per heavy atom. The topological polar surface area (TPSA) is 58.9 Å². The van der Waals surface area contributed by atoms with E-state index in [-0.39, 0.29) is 77.6 Å². The zero-order valence-corrected chi connectivity index (χ0v) is 49.7. The van der Waals surface area contributed by atoms with Crippen LogP contribution in [-0.2, 0) is 58.7 Å². The molecule has 0 amide bonds. The Morgan fingerprint density at radius 1 is 0.465 bits per heavy atom. The van der Waals surface area contributed by atoms with Crippen molar-refractivity contribution in [3.63, 3.8) is 0 Å². The van der Waals surface area contributed by atoms with Gasteiger partial charge in [0, 0.05) is 72.9 Å². The summed E-state index contributed by atoms with van der Waals surface area (Å²) >= 11 is 0. The largest absolute Gasteiger partial charge is 0.507 e. The number of aryl methyl sites for hydroxylation is 1. The number of rotatable bonds is 10. The molecule has 4 nitrogen and oxygen atoms in total. The van der Waals surface area contributed by atoms with Crippen LogP contribution in [0.5, 0.6) is 17.2 Å². The number of ether oxygens (including phenoxy) is 2. The fourth-order valence-electron chi connectivity index (χ4n) is 8.71. The van der Waals surface area contributed by atoms with E-state index in [4.69, 9.17) is 9.47 Å². The van der Waals surface area contributed by atoms with Gasteiger partial charge < -0.3 is 27.1 Å². The first-order valence-corrected chi connectivity index (χ1v) is 25.0. The van der Waals surface area contributed by atoms with Crippen LogP contribution in [0.1, 0.15) is 181 Å². The van der Waals surface area contributed by atoms with E-state index in [2.05, 4.69) is 211 Å². The molecule has 0 atom stereocenters. The molecule has 0 radical (unpaired) electrons. The number of benzene rings is 5. The molecule has 0 heterocycles. The van der Waals surface area contributed by atoms with E-state index >= 15 is 0 Å². The van der Waals surface area contributed by atoms with Crippen molar-refractivity contribution in [3.8, 4) is 39.5 Å². The quantitative estimate of drug-likeness (QED) is 0.108. The maximum Gasteiger partial charge on any atom is 0.203 e. The molecule has 0 aliphatic heterocycles. The molecule has 378 valence electrons. The number of phenolic OH excluding ortho intramolecular Hbond substituents is 1. The molecule has 5 aromatic carbocycles. The molecular weight excluding hydrogens is 948 g/mol. The summed E-state index contributed by atoms with van der Waals surface area (Å²) in [5.41, 5.74) is 15.2. The van der Waals surface area contributed by atoms with Crippen LogP contribution < -0.4 is 9.47 Å². The van der Waals surface area contributed by atoms with Gasteiger partial charge in [-0.25, -0.2) is 0 Å². The van der Waals surface area contributed by atoms with Crippen LogP contribution in [0.25, 0.3) is 33.4 Å². The van der Waals surface area contributed by atoms with Crippen molar-refractivity contribution in [2.24, 2.45) is 0 Å². The molecule has 5 aromatic rings. The van der Waals surface area contributed by atoms with E-state index in [9.17, 15) is 10.2 Å². The van der Waals surface area contributed by atoms with Gasteiger partial charge in [0.2, 0.25) is 5.76 Å². The Labute approximate surface area is 450 Å². The summed E-state index contributed by atoms with van der Waals surface area (Å²) in [7, 11) is 0. The predicted octanol–water partition coefficient (Wildman–Crippen LogP) is 18.2. The summed E-state index contributed by atoms with van der Waals surface area (Å²) in [5, 5.41) is 24.7. The Morgan fingerprint density at radius 3 is 1.27 bits per heavy atom. The summed E-state index contributed by atoms with van der Waals surface area (Å²) in [6.07, 6.45) is 4.56. The summed E-state index contributed by atoms with van der Waals surface area (Å²) in [6.45, 7) is 47.4. The van der Waals surface area contributed by atoms with Gasteiger partial charge >= 0.3 is 0 Å². The van der Waals surface area contributed by atoms with Crippen molar-refractivity contribution in [2.75, 3.05) is 13.2 Å². The molecule has 1 aliphatic carbocycles. The van der Waals surface area contributed by atoms with E-state index in [1.165, 1.54) is 22.3 Å². The second kappa shape index (κ2) is 21.4. The normalized spacial score (nSPS) is 13.8.